The van der Waals surface area contributed by atoms with Crippen molar-refractivity contribution in [1.82, 2.24) is 0 Å². The maximum atomic E-state index is 11.4. The summed E-state index contributed by atoms with van der Waals surface area (Å²) in [5.74, 6) is 1.42. The summed E-state index contributed by atoms with van der Waals surface area (Å²) in [6.07, 6.45) is 0.253. The molecule has 0 bridgehead atoms. The molecule has 1 heterocycles. The number of benzene rings is 2. The van der Waals surface area contributed by atoms with Crippen LogP contribution in [0.25, 0.3) is 5.03 Å². The maximum Gasteiger partial charge on any atom is 0.153 e. The first kappa shape index (κ1) is 13.7. The second-order valence-corrected chi connectivity index (χ2v) is 5.03. The molecular weight excluding hydrogens is 288 g/mol. The van der Waals surface area contributed by atoms with Crippen molar-refractivity contribution in [2.24, 2.45) is 0 Å². The lowest BCUT2D eigenvalue weighted by Crippen LogP contribution is -2.17. The third kappa shape index (κ3) is 2.41. The second-order valence-electron chi connectivity index (χ2n) is 4.65. The minimum Gasteiger partial charge on any atom is -0.497 e. The van der Waals surface area contributed by atoms with E-state index in [1.807, 2.05) is 48.5 Å². The van der Waals surface area contributed by atoms with Crippen LogP contribution in [0, 0.1) is 0 Å². The van der Waals surface area contributed by atoms with Crippen molar-refractivity contribution in [2.75, 3.05) is 7.11 Å². The van der Waals surface area contributed by atoms with Gasteiger partial charge in [0.15, 0.2) is 12.4 Å². The van der Waals surface area contributed by atoms with E-state index < -0.39 is 6.10 Å². The van der Waals surface area contributed by atoms with Crippen LogP contribution in [-0.2, 0) is 4.79 Å². The van der Waals surface area contributed by atoms with Crippen molar-refractivity contribution in [3.63, 3.8) is 0 Å². The van der Waals surface area contributed by atoms with Gasteiger partial charge in [-0.15, -0.1) is 0 Å². The van der Waals surface area contributed by atoms with E-state index in [4.69, 9.17) is 21.1 Å². The largest absolute Gasteiger partial charge is 0.497 e. The number of halogens is 1. The van der Waals surface area contributed by atoms with Crippen molar-refractivity contribution in [3.8, 4) is 11.5 Å². The zero-order valence-electron chi connectivity index (χ0n) is 11.4. The van der Waals surface area contributed by atoms with Gasteiger partial charge in [-0.1, -0.05) is 35.9 Å². The van der Waals surface area contributed by atoms with Gasteiger partial charge < -0.3 is 9.47 Å². The Kier molecular flexibility index (Phi) is 3.67. The Morgan fingerprint density at radius 1 is 1.14 bits per heavy atom. The van der Waals surface area contributed by atoms with Crippen molar-refractivity contribution in [1.29, 1.82) is 0 Å². The number of aldehydes is 1. The molecule has 0 N–H and O–H groups in total. The molecule has 0 saturated carbocycles. The Morgan fingerprint density at radius 2 is 1.86 bits per heavy atom. The number of hydrogen-bond acceptors (Lipinski definition) is 3. The summed E-state index contributed by atoms with van der Waals surface area (Å²) in [6, 6.07) is 14.8. The van der Waals surface area contributed by atoms with Gasteiger partial charge in [0.2, 0.25) is 0 Å². The number of hydrogen-bond donors (Lipinski definition) is 0. The smallest absolute Gasteiger partial charge is 0.153 e. The van der Waals surface area contributed by atoms with Gasteiger partial charge in [0, 0.05) is 5.56 Å². The first-order valence-electron chi connectivity index (χ1n) is 6.49. The Morgan fingerprint density at radius 3 is 2.52 bits per heavy atom. The zero-order chi connectivity index (χ0) is 14.8. The molecule has 106 valence electrons. The van der Waals surface area contributed by atoms with Gasteiger partial charge in [-0.3, -0.25) is 4.79 Å². The summed E-state index contributed by atoms with van der Waals surface area (Å²) < 4.78 is 11.1. The number of ether oxygens (including phenoxy) is 2. The van der Waals surface area contributed by atoms with E-state index >= 15 is 0 Å². The molecule has 0 amide bonds. The van der Waals surface area contributed by atoms with Gasteiger partial charge in [0.25, 0.3) is 0 Å². The summed E-state index contributed by atoms with van der Waals surface area (Å²) in [6.45, 7) is 0. The van der Waals surface area contributed by atoms with Crippen LogP contribution >= 0.6 is 11.6 Å². The summed E-state index contributed by atoms with van der Waals surface area (Å²) in [7, 11) is 1.61. The van der Waals surface area contributed by atoms with Crippen molar-refractivity contribution >= 4 is 22.9 Å². The Balaban J connectivity index is 2.07. The summed E-state index contributed by atoms with van der Waals surface area (Å²) in [5, 5.41) is 0.438. The topological polar surface area (TPSA) is 35.5 Å². The molecule has 1 aliphatic heterocycles. The summed E-state index contributed by atoms with van der Waals surface area (Å²) >= 11 is 6.36. The lowest BCUT2D eigenvalue weighted by atomic mass is 9.96. The zero-order valence-corrected chi connectivity index (χ0v) is 12.1. The maximum absolute atomic E-state index is 11.4. The molecule has 0 fully saturated rings. The molecule has 3 nitrogen and oxygen atoms in total. The normalized spacial score (nSPS) is 17.0. The Bertz CT molecular complexity index is 704. The highest BCUT2D eigenvalue weighted by Crippen LogP contribution is 2.43. The molecule has 1 unspecified atom stereocenters. The summed E-state index contributed by atoms with van der Waals surface area (Å²) in [4.78, 5) is 11.4. The molecule has 0 spiro atoms. The van der Waals surface area contributed by atoms with Crippen molar-refractivity contribution in [3.05, 3.63) is 65.2 Å². The molecule has 1 aliphatic rings. The molecular formula is C17H13ClO3. The fraction of sp³-hybridized carbons (Fsp3) is 0.118. The van der Waals surface area contributed by atoms with Gasteiger partial charge in [-0.25, -0.2) is 0 Å². The standard InChI is InChI=1S/C17H13ClO3/c1-20-12-8-6-11(7-9-12)17-14(10-19)16(18)13-4-2-3-5-15(13)21-17/h2-10,17H,1H3. The molecule has 0 aromatic heterocycles. The highest BCUT2D eigenvalue weighted by molar-refractivity contribution is 6.51. The van der Waals surface area contributed by atoms with E-state index in [1.165, 1.54) is 0 Å². The van der Waals surface area contributed by atoms with E-state index in [0.717, 1.165) is 23.2 Å². The van der Waals surface area contributed by atoms with E-state index in [0.29, 0.717) is 16.4 Å². The number of carbonyl (C=O) groups is 1. The summed E-state index contributed by atoms with van der Waals surface area (Å²) in [5.41, 5.74) is 2.03. The van der Waals surface area contributed by atoms with Crippen LogP contribution < -0.4 is 9.47 Å². The van der Waals surface area contributed by atoms with E-state index in [1.54, 1.807) is 7.11 Å². The van der Waals surface area contributed by atoms with E-state index in [-0.39, 0.29) is 0 Å². The van der Waals surface area contributed by atoms with Gasteiger partial charge in [0.05, 0.1) is 17.7 Å². The van der Waals surface area contributed by atoms with Gasteiger partial charge >= 0.3 is 0 Å². The minimum absolute atomic E-state index is 0.431. The van der Waals surface area contributed by atoms with Crippen molar-refractivity contribution < 1.29 is 14.3 Å². The first-order chi connectivity index (χ1) is 10.2. The van der Waals surface area contributed by atoms with Crippen LogP contribution in [0.5, 0.6) is 11.5 Å². The Labute approximate surface area is 127 Å². The predicted octanol–water partition coefficient (Wildman–Crippen LogP) is 3.98. The van der Waals surface area contributed by atoms with E-state index in [9.17, 15) is 4.79 Å². The first-order valence-corrected chi connectivity index (χ1v) is 6.87. The molecule has 2 aromatic rings. The van der Waals surface area contributed by atoms with E-state index in [2.05, 4.69) is 0 Å². The van der Waals surface area contributed by atoms with Crippen LogP contribution in [0.4, 0.5) is 0 Å². The Hall–Kier alpha value is -2.26. The lowest BCUT2D eigenvalue weighted by Gasteiger charge is -2.27. The predicted molar refractivity (Wildman–Crippen MR) is 81.6 cm³/mol. The molecule has 4 heteroatoms. The third-order valence-electron chi connectivity index (χ3n) is 3.45. The van der Waals surface area contributed by atoms with Gasteiger partial charge in [0.1, 0.15) is 11.5 Å². The second kappa shape index (κ2) is 5.62. The lowest BCUT2D eigenvalue weighted by molar-refractivity contribution is -0.105. The number of rotatable bonds is 3. The van der Waals surface area contributed by atoms with Crippen LogP contribution in [0.3, 0.4) is 0 Å². The highest BCUT2D eigenvalue weighted by Gasteiger charge is 2.28. The van der Waals surface area contributed by atoms with Crippen LogP contribution in [0.2, 0.25) is 0 Å². The molecule has 1 atom stereocenters. The molecule has 21 heavy (non-hydrogen) atoms. The van der Waals surface area contributed by atoms with Crippen LogP contribution in [0.15, 0.2) is 54.1 Å². The quantitative estimate of drug-likeness (QED) is 0.804. The number of methoxy groups -OCH3 is 1. The number of carbonyl (C=O) groups excluding carboxylic acids is 1. The van der Waals surface area contributed by atoms with Gasteiger partial charge in [-0.05, 0) is 29.8 Å². The average Bonchev–Trinajstić information content (AvgIpc) is 2.55. The van der Waals surface area contributed by atoms with Gasteiger partial charge in [-0.2, -0.15) is 0 Å². The van der Waals surface area contributed by atoms with Crippen LogP contribution in [0.1, 0.15) is 17.2 Å². The molecule has 2 aromatic carbocycles. The van der Waals surface area contributed by atoms with Crippen LogP contribution in [-0.4, -0.2) is 13.4 Å². The molecule has 0 saturated heterocycles. The fourth-order valence-electron chi connectivity index (χ4n) is 2.35. The number of fused-ring (bicyclic) bond motifs is 1. The monoisotopic (exact) mass is 300 g/mol. The molecule has 0 aliphatic carbocycles. The molecule has 3 rings (SSSR count). The minimum atomic E-state index is -0.504. The molecule has 0 radical (unpaired) electrons. The highest BCUT2D eigenvalue weighted by atomic mass is 35.5. The fourth-order valence-corrected chi connectivity index (χ4v) is 2.65. The third-order valence-corrected chi connectivity index (χ3v) is 3.87. The van der Waals surface area contributed by atoms with Crippen molar-refractivity contribution in [2.45, 2.75) is 6.10 Å². The SMILES string of the molecule is COc1ccc(C2Oc3ccccc3C(Cl)=C2C=O)cc1. The average molecular weight is 301 g/mol. The number of para-hydroxylation sites is 1.